The predicted molar refractivity (Wildman–Crippen MR) is 21.0 cm³/mol. The minimum absolute atomic E-state index is 0. The number of hydrogen-bond acceptors (Lipinski definition) is 3. The van der Waals surface area contributed by atoms with Crippen molar-refractivity contribution in [3.8, 4) is 0 Å². The fraction of sp³-hybridized carbons (Fsp3) is 0. The molecule has 2 radical (unpaired) electrons. The zero-order valence-electron chi connectivity index (χ0n) is 3.33. The molecule has 0 aliphatic carbocycles. The van der Waals surface area contributed by atoms with Crippen LogP contribution in [0.3, 0.4) is 0 Å². The first-order valence-electron chi connectivity index (χ1n) is 0.775. The van der Waals surface area contributed by atoms with Gasteiger partial charge in [0.2, 0.25) is 0 Å². The van der Waals surface area contributed by atoms with Crippen molar-refractivity contribution >= 4 is 34.6 Å². The Bertz CT molecular complexity index is 15.5. The zero-order valence-corrected chi connectivity index (χ0v) is 12.9. The van der Waals surface area contributed by atoms with E-state index in [-0.39, 0.29) is 54.6 Å². The van der Waals surface area contributed by atoms with E-state index in [0.717, 1.165) is 0 Å². The summed E-state index contributed by atoms with van der Waals surface area (Å²) >= 11 is 0. The summed E-state index contributed by atoms with van der Waals surface area (Å²) in [5.74, 6) is 0. The second kappa shape index (κ2) is 9.92. The molecule has 32 valence electrons. The van der Waals surface area contributed by atoms with Crippen molar-refractivity contribution in [1.29, 1.82) is 0 Å². The Morgan fingerprint density at radius 2 is 1.00 bits per heavy atom. The fourth-order valence-electron chi connectivity index (χ4n) is 0. The number of hydrogen-bond donors (Lipinski definition) is 3. The van der Waals surface area contributed by atoms with Crippen LogP contribution in [0.4, 0.5) is 0 Å². The van der Waals surface area contributed by atoms with Gasteiger partial charge in [0.05, 0.1) is 0 Å². The molecule has 3 nitrogen and oxygen atoms in total. The van der Waals surface area contributed by atoms with Crippen LogP contribution >= 0.6 is 0 Å². The summed E-state index contributed by atoms with van der Waals surface area (Å²) in [6, 6.07) is 0. The van der Waals surface area contributed by atoms with Crippen LogP contribution in [0.1, 0.15) is 0 Å². The fourth-order valence-corrected chi connectivity index (χ4v) is 0. The van der Waals surface area contributed by atoms with Gasteiger partial charge in [-0.25, -0.2) is 0 Å². The van der Waals surface area contributed by atoms with Gasteiger partial charge in [-0.1, -0.05) is 0 Å². The molecule has 6 heavy (non-hydrogen) atoms. The molecule has 0 amide bonds. The molecule has 0 aromatic carbocycles. The van der Waals surface area contributed by atoms with Crippen LogP contribution in [-0.2, 0) is 27.3 Å². The van der Waals surface area contributed by atoms with Gasteiger partial charge in [0.1, 0.15) is 0 Å². The summed E-state index contributed by atoms with van der Waals surface area (Å²) in [6.07, 6.45) is 0. The van der Waals surface area contributed by atoms with Crippen molar-refractivity contribution < 1.29 is 42.4 Å². The van der Waals surface area contributed by atoms with Crippen molar-refractivity contribution in [3.63, 3.8) is 0 Å². The summed E-state index contributed by atoms with van der Waals surface area (Å²) in [5.41, 5.74) is 0. The molecule has 0 saturated carbocycles. The molecule has 3 N–H and O–H groups in total. The van der Waals surface area contributed by atoms with Crippen LogP contribution in [-0.4, -0.2) is 49.7 Å². The average molecular weight is 383 g/mol. The first kappa shape index (κ1) is 15.7. The van der Waals surface area contributed by atoms with Crippen LogP contribution in [0.15, 0.2) is 0 Å². The van der Waals surface area contributed by atoms with E-state index >= 15 is 0 Å². The van der Waals surface area contributed by atoms with Gasteiger partial charge >= 0.3 is 34.6 Å². The van der Waals surface area contributed by atoms with E-state index in [1.807, 2.05) is 0 Å². The van der Waals surface area contributed by atoms with E-state index in [0.29, 0.717) is 0 Å². The van der Waals surface area contributed by atoms with E-state index in [4.69, 9.17) is 15.1 Å². The van der Waals surface area contributed by atoms with Gasteiger partial charge in [0, 0.05) is 27.3 Å². The molecule has 0 spiro atoms. The second-order valence-electron chi connectivity index (χ2n) is 0.346. The molecule has 0 unspecified atom stereocenters. The summed E-state index contributed by atoms with van der Waals surface area (Å²) < 4.78 is 0. The van der Waals surface area contributed by atoms with Gasteiger partial charge in [0.15, 0.2) is 0 Å². The molecule has 0 rings (SSSR count). The molecule has 0 atom stereocenters. The van der Waals surface area contributed by atoms with Crippen molar-refractivity contribution in [3.05, 3.63) is 0 Å². The monoisotopic (exact) mass is 386 g/mol. The molecular weight excluding hydrogens is 378 g/mol. The van der Waals surface area contributed by atoms with Gasteiger partial charge in [-0.15, -0.1) is 0 Å². The van der Waals surface area contributed by atoms with Crippen LogP contribution in [0.5, 0.6) is 0 Å². The van der Waals surface area contributed by atoms with Crippen molar-refractivity contribution in [2.45, 2.75) is 0 Å². The molecule has 0 aliphatic rings. The normalized spacial score (nSPS) is 4.50. The molecule has 0 aromatic rings. The Kier molecular flexibility index (Phi) is 25.9. The topological polar surface area (TPSA) is 60.7 Å². The van der Waals surface area contributed by atoms with Gasteiger partial charge in [-0.05, 0) is 0 Å². The van der Waals surface area contributed by atoms with E-state index in [9.17, 15) is 0 Å². The maximum atomic E-state index is 7.17. The molecule has 0 bridgehead atoms. The Hall–Kier alpha value is 1.79. The molecule has 0 saturated heterocycles. The first-order chi connectivity index (χ1) is 1.73. The van der Waals surface area contributed by atoms with E-state index < -0.39 is 7.32 Å². The molecule has 0 aromatic heterocycles. The minimum atomic E-state index is -2.17. The molecule has 0 aliphatic heterocycles. The second-order valence-corrected chi connectivity index (χ2v) is 0.346. The Labute approximate surface area is 76.2 Å². The summed E-state index contributed by atoms with van der Waals surface area (Å²) in [4.78, 5) is 0. The van der Waals surface area contributed by atoms with Gasteiger partial charge in [0.25, 0.3) is 0 Å². The molecular formula is H5BCdO3Pb. The quantitative estimate of drug-likeness (QED) is 0.392. The van der Waals surface area contributed by atoms with E-state index in [2.05, 4.69) is 0 Å². The average Bonchev–Trinajstić information content (AvgIpc) is 0.811. The van der Waals surface area contributed by atoms with Crippen LogP contribution < -0.4 is 0 Å². The summed E-state index contributed by atoms with van der Waals surface area (Å²) in [7, 11) is -2.17. The summed E-state index contributed by atoms with van der Waals surface area (Å²) in [6.45, 7) is 0. The van der Waals surface area contributed by atoms with Crippen molar-refractivity contribution in [2.24, 2.45) is 0 Å². The van der Waals surface area contributed by atoms with Gasteiger partial charge in [-0.2, -0.15) is 0 Å². The third kappa shape index (κ3) is 41.5. The third-order valence-electron chi connectivity index (χ3n) is 0. The van der Waals surface area contributed by atoms with Crippen LogP contribution in [0.2, 0.25) is 0 Å². The molecule has 0 heterocycles. The van der Waals surface area contributed by atoms with E-state index in [1.54, 1.807) is 0 Å². The summed E-state index contributed by atoms with van der Waals surface area (Å²) in [5, 5.41) is 21.5. The zero-order chi connectivity index (χ0) is 3.58. The Balaban J connectivity index is -0.0000000450. The van der Waals surface area contributed by atoms with Crippen LogP contribution in [0.25, 0.3) is 0 Å². The van der Waals surface area contributed by atoms with Crippen molar-refractivity contribution in [2.75, 3.05) is 0 Å². The first-order valence-corrected chi connectivity index (χ1v) is 0.775. The molecule has 0 fully saturated rings. The van der Waals surface area contributed by atoms with Crippen molar-refractivity contribution in [1.82, 2.24) is 0 Å². The van der Waals surface area contributed by atoms with Crippen LogP contribution in [0, 0.1) is 0 Å². The maximum absolute atomic E-state index is 7.17. The SMILES string of the molecule is OB(O)O.[Cd].[PbH2]. The van der Waals surface area contributed by atoms with Gasteiger partial charge in [-0.3, -0.25) is 0 Å². The molecule has 6 heteroatoms. The third-order valence-corrected chi connectivity index (χ3v) is 0. The Morgan fingerprint density at radius 3 is 1.00 bits per heavy atom. The van der Waals surface area contributed by atoms with Gasteiger partial charge < -0.3 is 15.1 Å². The van der Waals surface area contributed by atoms with E-state index in [1.165, 1.54) is 0 Å². The predicted octanol–water partition coefficient (Wildman–Crippen LogP) is -2.97. The standard InChI is InChI=1S/BH3O3.Cd.Pb.2H/c2-1(3)4;;;;/h2-4H;;;;. The Morgan fingerprint density at radius 1 is 1.00 bits per heavy atom. The number of rotatable bonds is 0.